The first-order valence-corrected chi connectivity index (χ1v) is 3.64. The second-order valence-electron chi connectivity index (χ2n) is 2.41. The third kappa shape index (κ3) is 2.55. The number of anilines is 1. The maximum Gasteiger partial charge on any atom is 0.0434 e. The van der Waals surface area contributed by atoms with Gasteiger partial charge in [0.05, 0.1) is 0 Å². The van der Waals surface area contributed by atoms with Crippen molar-refractivity contribution in [2.24, 2.45) is 0 Å². The fourth-order valence-electron chi connectivity index (χ4n) is 0.894. The van der Waals surface area contributed by atoms with Gasteiger partial charge in [-0.25, -0.2) is 0 Å². The summed E-state index contributed by atoms with van der Waals surface area (Å²) in [6, 6.07) is 3.58. The van der Waals surface area contributed by atoms with Gasteiger partial charge in [-0.1, -0.05) is 0 Å². The minimum atomic E-state index is 0.205. The van der Waals surface area contributed by atoms with Crippen molar-refractivity contribution < 1.29 is 5.11 Å². The molecule has 0 aromatic carbocycles. The summed E-state index contributed by atoms with van der Waals surface area (Å²) in [5.41, 5.74) is 7.20. The topological polar surface area (TPSA) is 59.1 Å². The summed E-state index contributed by atoms with van der Waals surface area (Å²) in [6.07, 6.45) is 3.22. The van der Waals surface area contributed by atoms with Crippen molar-refractivity contribution >= 4 is 5.69 Å². The molecule has 1 rings (SSSR count). The normalized spacial score (nSPS) is 9.91. The molecule has 1 aromatic heterocycles. The van der Waals surface area contributed by atoms with E-state index in [0.29, 0.717) is 0 Å². The van der Waals surface area contributed by atoms with Crippen LogP contribution in [0.15, 0.2) is 18.3 Å². The lowest BCUT2D eigenvalue weighted by Crippen LogP contribution is -1.94. The summed E-state index contributed by atoms with van der Waals surface area (Å²) >= 11 is 0. The number of hydrogen-bond donors (Lipinski definition) is 2. The molecule has 3 nitrogen and oxygen atoms in total. The molecular weight excluding hydrogens is 140 g/mol. The van der Waals surface area contributed by atoms with Crippen LogP contribution in [0, 0.1) is 0 Å². The summed E-state index contributed by atoms with van der Waals surface area (Å²) in [6.45, 7) is 0.205. The Morgan fingerprint density at radius 3 is 3.00 bits per heavy atom. The quantitative estimate of drug-likeness (QED) is 0.666. The molecule has 0 saturated heterocycles. The number of rotatable bonds is 3. The molecule has 3 N–H and O–H groups in total. The number of aromatic nitrogens is 1. The number of nitrogens with zero attached hydrogens (tertiary/aromatic N) is 1. The first kappa shape index (κ1) is 8.01. The van der Waals surface area contributed by atoms with E-state index in [0.717, 1.165) is 24.2 Å². The highest BCUT2D eigenvalue weighted by Crippen LogP contribution is 2.04. The van der Waals surface area contributed by atoms with E-state index in [1.54, 1.807) is 12.3 Å². The minimum absolute atomic E-state index is 0.205. The van der Waals surface area contributed by atoms with E-state index in [2.05, 4.69) is 4.98 Å². The van der Waals surface area contributed by atoms with Crippen molar-refractivity contribution in [1.82, 2.24) is 4.98 Å². The lowest BCUT2D eigenvalue weighted by Gasteiger charge is -1.98. The molecule has 3 heteroatoms. The van der Waals surface area contributed by atoms with E-state index >= 15 is 0 Å². The van der Waals surface area contributed by atoms with Crippen LogP contribution >= 0.6 is 0 Å². The highest BCUT2D eigenvalue weighted by atomic mass is 16.2. The average molecular weight is 152 g/mol. The van der Waals surface area contributed by atoms with Crippen molar-refractivity contribution in [1.29, 1.82) is 0 Å². The Balaban J connectivity index is 2.56. The van der Waals surface area contributed by atoms with Crippen molar-refractivity contribution in [2.45, 2.75) is 12.8 Å². The van der Waals surface area contributed by atoms with Crippen LogP contribution in [-0.2, 0) is 6.42 Å². The molecule has 0 atom stereocenters. The molecule has 1 aromatic rings. The molecule has 0 fully saturated rings. The summed E-state index contributed by atoms with van der Waals surface area (Å²) in [5, 5.41) is 8.54. The predicted octanol–water partition coefficient (Wildman–Crippen LogP) is 0.589. The predicted molar refractivity (Wildman–Crippen MR) is 44.1 cm³/mol. The second-order valence-corrected chi connectivity index (χ2v) is 2.41. The first-order valence-electron chi connectivity index (χ1n) is 3.64. The average Bonchev–Trinajstić information content (AvgIpc) is 2.01. The van der Waals surface area contributed by atoms with Gasteiger partial charge in [0, 0.05) is 24.2 Å². The fraction of sp³-hybridized carbons (Fsp3) is 0.375. The Kier molecular flexibility index (Phi) is 2.86. The monoisotopic (exact) mass is 152 g/mol. The maximum atomic E-state index is 8.54. The van der Waals surface area contributed by atoms with Gasteiger partial charge in [-0.05, 0) is 25.0 Å². The van der Waals surface area contributed by atoms with Gasteiger partial charge in [-0.15, -0.1) is 0 Å². The third-order valence-corrected chi connectivity index (χ3v) is 1.43. The van der Waals surface area contributed by atoms with Crippen molar-refractivity contribution in [2.75, 3.05) is 12.3 Å². The lowest BCUT2D eigenvalue weighted by molar-refractivity contribution is 0.288. The van der Waals surface area contributed by atoms with E-state index in [4.69, 9.17) is 10.8 Å². The number of aliphatic hydroxyl groups is 1. The molecule has 0 unspecified atom stereocenters. The highest BCUT2D eigenvalue weighted by molar-refractivity contribution is 5.37. The van der Waals surface area contributed by atoms with E-state index in [1.165, 1.54) is 0 Å². The zero-order chi connectivity index (χ0) is 8.10. The van der Waals surface area contributed by atoms with E-state index in [1.807, 2.05) is 6.07 Å². The van der Waals surface area contributed by atoms with Gasteiger partial charge in [-0.3, -0.25) is 4.98 Å². The Morgan fingerprint density at radius 2 is 2.36 bits per heavy atom. The Hall–Kier alpha value is -1.09. The van der Waals surface area contributed by atoms with Crippen molar-refractivity contribution in [3.8, 4) is 0 Å². The van der Waals surface area contributed by atoms with Crippen molar-refractivity contribution in [3.05, 3.63) is 24.0 Å². The highest BCUT2D eigenvalue weighted by Gasteiger charge is 1.93. The van der Waals surface area contributed by atoms with E-state index in [9.17, 15) is 0 Å². The standard InChI is InChI=1S/C8H12N2O/c9-7-3-4-10-8(6-7)2-1-5-11/h3-4,6,11H,1-2,5H2,(H2,9,10). The molecule has 0 radical (unpaired) electrons. The summed E-state index contributed by atoms with van der Waals surface area (Å²) in [4.78, 5) is 4.09. The van der Waals surface area contributed by atoms with E-state index < -0.39 is 0 Å². The smallest absolute Gasteiger partial charge is 0.0434 e. The van der Waals surface area contributed by atoms with Gasteiger partial charge in [0.25, 0.3) is 0 Å². The molecule has 0 aliphatic heterocycles. The van der Waals surface area contributed by atoms with Gasteiger partial charge in [0.2, 0.25) is 0 Å². The molecule has 0 amide bonds. The van der Waals surface area contributed by atoms with Gasteiger partial charge >= 0.3 is 0 Å². The van der Waals surface area contributed by atoms with Crippen molar-refractivity contribution in [3.63, 3.8) is 0 Å². The number of aryl methyl sites for hydroxylation is 1. The van der Waals surface area contributed by atoms with Gasteiger partial charge in [0.15, 0.2) is 0 Å². The van der Waals surface area contributed by atoms with Gasteiger partial charge in [-0.2, -0.15) is 0 Å². The molecule has 0 aliphatic carbocycles. The van der Waals surface area contributed by atoms with Gasteiger partial charge < -0.3 is 10.8 Å². The summed E-state index contributed by atoms with van der Waals surface area (Å²) in [7, 11) is 0. The SMILES string of the molecule is Nc1ccnc(CCCO)c1. The van der Waals surface area contributed by atoms with E-state index in [-0.39, 0.29) is 6.61 Å². The van der Waals surface area contributed by atoms with Crippen LogP contribution in [0.3, 0.4) is 0 Å². The first-order chi connectivity index (χ1) is 5.33. The minimum Gasteiger partial charge on any atom is -0.399 e. The van der Waals surface area contributed by atoms with Crippen LogP contribution in [0.1, 0.15) is 12.1 Å². The van der Waals surface area contributed by atoms with Crippen LogP contribution in [-0.4, -0.2) is 16.7 Å². The molecule has 1 heterocycles. The molecule has 11 heavy (non-hydrogen) atoms. The number of hydrogen-bond acceptors (Lipinski definition) is 3. The zero-order valence-electron chi connectivity index (χ0n) is 6.33. The number of pyridine rings is 1. The van der Waals surface area contributed by atoms with Crippen LogP contribution in [0.25, 0.3) is 0 Å². The van der Waals surface area contributed by atoms with Crippen LogP contribution < -0.4 is 5.73 Å². The zero-order valence-corrected chi connectivity index (χ0v) is 6.33. The maximum absolute atomic E-state index is 8.54. The number of nitrogens with two attached hydrogens (primary N) is 1. The molecule has 0 saturated carbocycles. The Bertz CT molecular complexity index is 225. The second kappa shape index (κ2) is 3.93. The Labute approximate surface area is 65.9 Å². The number of nitrogen functional groups attached to an aromatic ring is 1. The lowest BCUT2D eigenvalue weighted by atomic mass is 10.2. The molecule has 0 aliphatic rings. The molecule has 60 valence electrons. The number of aliphatic hydroxyl groups excluding tert-OH is 1. The molecule has 0 spiro atoms. The summed E-state index contributed by atoms with van der Waals surface area (Å²) in [5.74, 6) is 0. The van der Waals surface area contributed by atoms with Gasteiger partial charge in [0.1, 0.15) is 0 Å². The van der Waals surface area contributed by atoms with Crippen LogP contribution in [0.2, 0.25) is 0 Å². The summed E-state index contributed by atoms with van der Waals surface area (Å²) < 4.78 is 0. The van der Waals surface area contributed by atoms with Crippen LogP contribution in [0.4, 0.5) is 5.69 Å². The third-order valence-electron chi connectivity index (χ3n) is 1.43. The molecule has 0 bridgehead atoms. The Morgan fingerprint density at radius 1 is 1.55 bits per heavy atom. The largest absolute Gasteiger partial charge is 0.399 e. The van der Waals surface area contributed by atoms with Crippen LogP contribution in [0.5, 0.6) is 0 Å². The molecular formula is C8H12N2O. The fourth-order valence-corrected chi connectivity index (χ4v) is 0.894.